The third-order valence-corrected chi connectivity index (χ3v) is 4.21. The van der Waals surface area contributed by atoms with Gasteiger partial charge in [0, 0.05) is 18.8 Å². The van der Waals surface area contributed by atoms with Gasteiger partial charge in [0.05, 0.1) is 0 Å². The van der Waals surface area contributed by atoms with Crippen molar-refractivity contribution in [1.29, 1.82) is 0 Å². The van der Waals surface area contributed by atoms with E-state index in [-0.39, 0.29) is 17.9 Å². The van der Waals surface area contributed by atoms with Gasteiger partial charge in [-0.15, -0.1) is 0 Å². The molecule has 1 aliphatic heterocycles. The molecular formula is C17H25N3O2. The molecule has 2 N–H and O–H groups in total. The zero-order chi connectivity index (χ0) is 15.9. The zero-order valence-corrected chi connectivity index (χ0v) is 13.3. The number of amides is 3. The van der Waals surface area contributed by atoms with Crippen LogP contribution in [0.4, 0.5) is 10.5 Å². The fourth-order valence-corrected chi connectivity index (χ4v) is 2.59. The molecule has 120 valence electrons. The molecule has 2 rings (SSSR count). The zero-order valence-electron chi connectivity index (χ0n) is 13.3. The number of likely N-dealkylation sites (tertiary alicyclic amines) is 1. The van der Waals surface area contributed by atoms with Gasteiger partial charge in [-0.05, 0) is 30.9 Å². The summed E-state index contributed by atoms with van der Waals surface area (Å²) in [6.45, 7) is 5.56. The summed E-state index contributed by atoms with van der Waals surface area (Å²) >= 11 is 0. The van der Waals surface area contributed by atoms with E-state index in [0.717, 1.165) is 38.0 Å². The number of benzene rings is 1. The molecule has 0 saturated carbocycles. The lowest BCUT2D eigenvalue weighted by atomic mass is 9.98. The molecule has 0 bridgehead atoms. The molecule has 0 spiro atoms. The molecule has 3 amide bonds. The first kappa shape index (κ1) is 16.3. The van der Waals surface area contributed by atoms with Gasteiger partial charge in [-0.2, -0.15) is 0 Å². The highest BCUT2D eigenvalue weighted by Crippen LogP contribution is 2.14. The molecule has 1 heterocycles. The predicted molar refractivity (Wildman–Crippen MR) is 87.7 cm³/mol. The number of hydrogen-bond donors (Lipinski definition) is 2. The van der Waals surface area contributed by atoms with Crippen molar-refractivity contribution in [3.8, 4) is 0 Å². The molecule has 0 aliphatic carbocycles. The van der Waals surface area contributed by atoms with Crippen LogP contribution in [0.15, 0.2) is 30.3 Å². The van der Waals surface area contributed by atoms with Gasteiger partial charge in [-0.3, -0.25) is 4.79 Å². The normalized spacial score (nSPS) is 16.9. The molecule has 1 saturated heterocycles. The van der Waals surface area contributed by atoms with Gasteiger partial charge >= 0.3 is 6.03 Å². The van der Waals surface area contributed by atoms with Gasteiger partial charge in [0.15, 0.2) is 0 Å². The Morgan fingerprint density at radius 1 is 1.18 bits per heavy atom. The van der Waals surface area contributed by atoms with E-state index >= 15 is 0 Å². The van der Waals surface area contributed by atoms with Crippen LogP contribution in [0.2, 0.25) is 0 Å². The standard InChI is InChI=1S/C17H25N3O2/c1-3-13(2)15(19-17(22)20-11-7-8-12-20)16(21)18-14-9-5-4-6-10-14/h4-6,9-10,13,15H,3,7-8,11-12H2,1-2H3,(H,18,21)(H,19,22)/t13?,15-/m1/s1. The average molecular weight is 303 g/mol. The Morgan fingerprint density at radius 2 is 1.82 bits per heavy atom. The highest BCUT2D eigenvalue weighted by Gasteiger charge is 2.28. The average Bonchev–Trinajstić information content (AvgIpc) is 3.07. The van der Waals surface area contributed by atoms with Crippen molar-refractivity contribution in [2.75, 3.05) is 18.4 Å². The van der Waals surface area contributed by atoms with E-state index in [1.807, 2.05) is 44.2 Å². The van der Waals surface area contributed by atoms with E-state index in [1.165, 1.54) is 0 Å². The summed E-state index contributed by atoms with van der Waals surface area (Å²) in [4.78, 5) is 26.6. The first-order valence-electron chi connectivity index (χ1n) is 8.03. The van der Waals surface area contributed by atoms with Gasteiger partial charge in [0.1, 0.15) is 6.04 Å². The van der Waals surface area contributed by atoms with Crippen molar-refractivity contribution < 1.29 is 9.59 Å². The molecule has 5 nitrogen and oxygen atoms in total. The molecule has 1 aromatic carbocycles. The summed E-state index contributed by atoms with van der Waals surface area (Å²) in [7, 11) is 0. The maximum atomic E-state index is 12.5. The molecule has 22 heavy (non-hydrogen) atoms. The van der Waals surface area contributed by atoms with Gasteiger partial charge in [-0.1, -0.05) is 38.5 Å². The summed E-state index contributed by atoms with van der Waals surface area (Å²) in [6.07, 6.45) is 2.91. The number of anilines is 1. The molecule has 1 unspecified atom stereocenters. The third-order valence-electron chi connectivity index (χ3n) is 4.21. The third kappa shape index (κ3) is 4.23. The van der Waals surface area contributed by atoms with Crippen LogP contribution in [-0.2, 0) is 4.79 Å². The topological polar surface area (TPSA) is 61.4 Å². The lowest BCUT2D eigenvalue weighted by molar-refractivity contribution is -0.119. The number of carbonyl (C=O) groups excluding carboxylic acids is 2. The van der Waals surface area contributed by atoms with E-state index in [9.17, 15) is 9.59 Å². The largest absolute Gasteiger partial charge is 0.326 e. The Balaban J connectivity index is 2.01. The molecule has 1 fully saturated rings. The Hall–Kier alpha value is -2.04. The highest BCUT2D eigenvalue weighted by atomic mass is 16.2. The number of para-hydroxylation sites is 1. The summed E-state index contributed by atoms with van der Waals surface area (Å²) in [6, 6.07) is 8.68. The quantitative estimate of drug-likeness (QED) is 0.878. The Morgan fingerprint density at radius 3 is 2.41 bits per heavy atom. The fraction of sp³-hybridized carbons (Fsp3) is 0.529. The van der Waals surface area contributed by atoms with Crippen molar-refractivity contribution >= 4 is 17.6 Å². The molecule has 2 atom stereocenters. The predicted octanol–water partition coefficient (Wildman–Crippen LogP) is 2.85. The Labute approximate surface area is 132 Å². The SMILES string of the molecule is CCC(C)[C@@H](NC(=O)N1CCCC1)C(=O)Nc1ccccc1. The first-order valence-corrected chi connectivity index (χ1v) is 8.03. The molecule has 0 aromatic heterocycles. The maximum absolute atomic E-state index is 12.5. The van der Waals surface area contributed by atoms with Gasteiger partial charge < -0.3 is 15.5 Å². The van der Waals surface area contributed by atoms with Gasteiger partial charge in [0.2, 0.25) is 5.91 Å². The second kappa shape index (κ2) is 7.82. The Bertz CT molecular complexity index is 498. The van der Waals surface area contributed by atoms with Gasteiger partial charge in [0.25, 0.3) is 0 Å². The fourth-order valence-electron chi connectivity index (χ4n) is 2.59. The van der Waals surface area contributed by atoms with Gasteiger partial charge in [-0.25, -0.2) is 4.79 Å². The Kier molecular flexibility index (Phi) is 5.81. The van der Waals surface area contributed by atoms with Crippen molar-refractivity contribution in [2.45, 2.75) is 39.2 Å². The number of hydrogen-bond acceptors (Lipinski definition) is 2. The minimum atomic E-state index is -0.515. The summed E-state index contributed by atoms with van der Waals surface area (Å²) in [5.41, 5.74) is 0.747. The van der Waals surface area contributed by atoms with Crippen molar-refractivity contribution in [3.05, 3.63) is 30.3 Å². The molecule has 1 aromatic rings. The molecule has 5 heteroatoms. The lowest BCUT2D eigenvalue weighted by Crippen LogP contribution is -2.51. The van der Waals surface area contributed by atoms with E-state index in [0.29, 0.717) is 0 Å². The van der Waals surface area contributed by atoms with Crippen LogP contribution < -0.4 is 10.6 Å². The van der Waals surface area contributed by atoms with Crippen LogP contribution in [-0.4, -0.2) is 36.0 Å². The van der Waals surface area contributed by atoms with Crippen molar-refractivity contribution in [3.63, 3.8) is 0 Å². The number of carbonyl (C=O) groups is 2. The van der Waals surface area contributed by atoms with Crippen LogP contribution in [0.5, 0.6) is 0 Å². The second-order valence-corrected chi connectivity index (χ2v) is 5.86. The number of urea groups is 1. The maximum Gasteiger partial charge on any atom is 0.318 e. The summed E-state index contributed by atoms with van der Waals surface area (Å²) < 4.78 is 0. The van der Waals surface area contributed by atoms with Crippen molar-refractivity contribution in [2.24, 2.45) is 5.92 Å². The highest BCUT2D eigenvalue weighted by molar-refractivity contribution is 5.97. The van der Waals surface area contributed by atoms with E-state index in [1.54, 1.807) is 4.90 Å². The molecular weight excluding hydrogens is 278 g/mol. The van der Waals surface area contributed by atoms with Crippen LogP contribution in [0, 0.1) is 5.92 Å². The minimum absolute atomic E-state index is 0.0789. The lowest BCUT2D eigenvalue weighted by Gasteiger charge is -2.26. The number of nitrogens with one attached hydrogen (secondary N) is 2. The summed E-state index contributed by atoms with van der Waals surface area (Å²) in [5.74, 6) is -0.0802. The van der Waals surface area contributed by atoms with Crippen molar-refractivity contribution in [1.82, 2.24) is 10.2 Å². The van der Waals surface area contributed by atoms with Crippen LogP contribution >= 0.6 is 0 Å². The van der Waals surface area contributed by atoms with E-state index < -0.39 is 6.04 Å². The molecule has 1 aliphatic rings. The number of rotatable bonds is 5. The van der Waals surface area contributed by atoms with Crippen LogP contribution in [0.25, 0.3) is 0 Å². The monoisotopic (exact) mass is 303 g/mol. The van der Waals surface area contributed by atoms with E-state index in [2.05, 4.69) is 10.6 Å². The second-order valence-electron chi connectivity index (χ2n) is 5.86. The molecule has 0 radical (unpaired) electrons. The smallest absolute Gasteiger partial charge is 0.318 e. The van der Waals surface area contributed by atoms with Crippen LogP contribution in [0.1, 0.15) is 33.1 Å². The summed E-state index contributed by atoms with van der Waals surface area (Å²) in [5, 5.41) is 5.79. The first-order chi connectivity index (χ1) is 10.6. The number of nitrogens with zero attached hydrogens (tertiary/aromatic N) is 1. The minimum Gasteiger partial charge on any atom is -0.326 e. The van der Waals surface area contributed by atoms with Crippen LogP contribution in [0.3, 0.4) is 0 Å². The van der Waals surface area contributed by atoms with E-state index in [4.69, 9.17) is 0 Å².